The average Bonchev–Trinajstić information content (AvgIpc) is 2.87. The molecule has 0 N–H and O–H groups in total. The van der Waals surface area contributed by atoms with E-state index < -0.39 is 11.2 Å². The van der Waals surface area contributed by atoms with Gasteiger partial charge in [0.25, 0.3) is 5.91 Å². The lowest BCUT2D eigenvalue weighted by molar-refractivity contribution is -0.143. The van der Waals surface area contributed by atoms with Gasteiger partial charge in [-0.15, -0.1) is 0 Å². The van der Waals surface area contributed by atoms with Crippen LogP contribution in [0.3, 0.4) is 0 Å². The fourth-order valence-corrected chi connectivity index (χ4v) is 5.08. The minimum Gasteiger partial charge on any atom is -0.493 e. The van der Waals surface area contributed by atoms with Crippen LogP contribution in [-0.2, 0) is 9.59 Å². The molecule has 6 nitrogen and oxygen atoms in total. The largest absolute Gasteiger partial charge is 0.493 e. The molecule has 2 aromatic rings. The second-order valence-corrected chi connectivity index (χ2v) is 9.94. The van der Waals surface area contributed by atoms with Crippen LogP contribution in [0.5, 0.6) is 11.5 Å². The predicted octanol–water partition coefficient (Wildman–Crippen LogP) is 4.95. The summed E-state index contributed by atoms with van der Waals surface area (Å²) in [6, 6.07) is 13.2. The van der Waals surface area contributed by atoms with Crippen molar-refractivity contribution in [2.24, 2.45) is 5.41 Å². The summed E-state index contributed by atoms with van der Waals surface area (Å²) in [6.07, 6.45) is 5.02. The van der Waals surface area contributed by atoms with Crippen molar-refractivity contribution < 1.29 is 23.5 Å². The van der Waals surface area contributed by atoms with E-state index in [2.05, 4.69) is 0 Å². The van der Waals surface area contributed by atoms with Gasteiger partial charge in [-0.2, -0.15) is 0 Å². The number of para-hydroxylation sites is 1. The molecule has 2 saturated heterocycles. The van der Waals surface area contributed by atoms with Crippen LogP contribution in [0.4, 0.5) is 4.39 Å². The highest BCUT2D eigenvalue weighted by molar-refractivity contribution is 6.30. The smallest absolute Gasteiger partial charge is 0.260 e. The minimum atomic E-state index is -0.525. The van der Waals surface area contributed by atoms with E-state index in [9.17, 15) is 14.0 Å². The molecule has 2 amide bonds. The van der Waals surface area contributed by atoms with Crippen molar-refractivity contribution in [2.45, 2.75) is 38.5 Å². The molecule has 188 valence electrons. The molecule has 4 rings (SSSR count). The number of hydrogen-bond acceptors (Lipinski definition) is 4. The third-order valence-corrected chi connectivity index (χ3v) is 7.01. The van der Waals surface area contributed by atoms with Crippen LogP contribution in [0, 0.1) is 11.2 Å². The Balaban J connectivity index is 1.45. The molecule has 2 aliphatic heterocycles. The number of ether oxygens (including phenoxy) is 2. The molecule has 2 aromatic carbocycles. The standard InChI is InChI=1S/C27H32ClFN2O4/c28-21-8-6-9-22(16-21)35-20-27(17-25(32)30-13-4-1-5-14-30)12-7-15-31(19-27)26(33)18-34-24-11-3-2-10-23(24)29/h2-3,6,8-11,16H,1,4-5,7,12-15,17-20H2/t27-/m0/s1. The van der Waals surface area contributed by atoms with E-state index in [4.69, 9.17) is 21.1 Å². The molecule has 2 fully saturated rings. The first-order valence-corrected chi connectivity index (χ1v) is 12.6. The number of benzene rings is 2. The van der Waals surface area contributed by atoms with Gasteiger partial charge in [0.15, 0.2) is 18.2 Å². The molecule has 2 aliphatic rings. The predicted molar refractivity (Wildman–Crippen MR) is 132 cm³/mol. The van der Waals surface area contributed by atoms with E-state index in [0.29, 0.717) is 36.9 Å². The molecule has 0 aromatic heterocycles. The number of halogens is 2. The SMILES string of the molecule is O=C(C[C@@]1(COc2cccc(Cl)c2)CCCN(C(=O)COc2ccccc2F)C1)N1CCCCC1. The molecule has 35 heavy (non-hydrogen) atoms. The molecule has 0 spiro atoms. The average molecular weight is 503 g/mol. The van der Waals surface area contributed by atoms with Crippen molar-refractivity contribution in [1.29, 1.82) is 0 Å². The van der Waals surface area contributed by atoms with Crippen LogP contribution in [0.1, 0.15) is 38.5 Å². The summed E-state index contributed by atoms with van der Waals surface area (Å²) in [7, 11) is 0. The fourth-order valence-electron chi connectivity index (χ4n) is 4.90. The van der Waals surface area contributed by atoms with Gasteiger partial charge in [0.1, 0.15) is 5.75 Å². The molecule has 1 atom stereocenters. The second kappa shape index (κ2) is 11.8. The number of hydrogen-bond donors (Lipinski definition) is 0. The van der Waals surface area contributed by atoms with Crippen molar-refractivity contribution in [1.82, 2.24) is 9.80 Å². The van der Waals surface area contributed by atoms with Gasteiger partial charge < -0.3 is 19.3 Å². The maximum Gasteiger partial charge on any atom is 0.260 e. The summed E-state index contributed by atoms with van der Waals surface area (Å²) >= 11 is 6.11. The topological polar surface area (TPSA) is 59.1 Å². The quantitative estimate of drug-likeness (QED) is 0.512. The van der Waals surface area contributed by atoms with E-state index in [1.165, 1.54) is 12.1 Å². The monoisotopic (exact) mass is 502 g/mol. The second-order valence-electron chi connectivity index (χ2n) is 9.50. The number of carbonyl (C=O) groups is 2. The maximum absolute atomic E-state index is 13.9. The minimum absolute atomic E-state index is 0.0497. The zero-order valence-electron chi connectivity index (χ0n) is 19.9. The van der Waals surface area contributed by atoms with Gasteiger partial charge in [-0.05, 0) is 62.4 Å². The number of likely N-dealkylation sites (tertiary alicyclic amines) is 2. The van der Waals surface area contributed by atoms with E-state index in [0.717, 1.165) is 45.2 Å². The lowest BCUT2D eigenvalue weighted by Crippen LogP contribution is -2.52. The first kappa shape index (κ1) is 25.3. The van der Waals surface area contributed by atoms with Crippen LogP contribution in [0.15, 0.2) is 48.5 Å². The first-order valence-electron chi connectivity index (χ1n) is 12.3. The number of piperidine rings is 2. The van der Waals surface area contributed by atoms with Crippen molar-refractivity contribution in [3.05, 3.63) is 59.4 Å². The van der Waals surface area contributed by atoms with Crippen molar-refractivity contribution in [3.63, 3.8) is 0 Å². The van der Waals surface area contributed by atoms with E-state index >= 15 is 0 Å². The summed E-state index contributed by atoms with van der Waals surface area (Å²) in [5.74, 6) is 0.0551. The van der Waals surface area contributed by atoms with Crippen molar-refractivity contribution in [3.8, 4) is 11.5 Å². The van der Waals surface area contributed by atoms with E-state index in [1.807, 2.05) is 17.0 Å². The maximum atomic E-state index is 13.9. The highest BCUT2D eigenvalue weighted by atomic mass is 35.5. The van der Waals surface area contributed by atoms with Gasteiger partial charge >= 0.3 is 0 Å². The molecule has 0 unspecified atom stereocenters. The number of rotatable bonds is 8. The van der Waals surface area contributed by atoms with Crippen LogP contribution in [0.2, 0.25) is 5.02 Å². The lowest BCUT2D eigenvalue weighted by atomic mass is 9.77. The normalized spacial score (nSPS) is 20.4. The van der Waals surface area contributed by atoms with Gasteiger partial charge in [0.05, 0.1) is 6.61 Å². The van der Waals surface area contributed by atoms with E-state index in [-0.39, 0.29) is 24.2 Å². The van der Waals surface area contributed by atoms with Crippen LogP contribution < -0.4 is 9.47 Å². The molecule has 8 heteroatoms. The van der Waals surface area contributed by atoms with Gasteiger partial charge in [-0.25, -0.2) is 4.39 Å². The van der Waals surface area contributed by atoms with E-state index in [1.54, 1.807) is 29.2 Å². The summed E-state index contributed by atoms with van der Waals surface area (Å²) in [6.45, 7) is 2.55. The Morgan fingerprint density at radius 3 is 2.46 bits per heavy atom. The molecule has 0 bridgehead atoms. The third-order valence-electron chi connectivity index (χ3n) is 6.78. The fraction of sp³-hybridized carbons (Fsp3) is 0.481. The summed E-state index contributed by atoms with van der Waals surface area (Å²) in [5, 5.41) is 0.576. The van der Waals surface area contributed by atoms with Crippen LogP contribution in [0.25, 0.3) is 0 Å². The third kappa shape index (κ3) is 6.88. The summed E-state index contributed by atoms with van der Waals surface area (Å²) < 4.78 is 25.5. The van der Waals surface area contributed by atoms with Crippen LogP contribution >= 0.6 is 11.6 Å². The molecule has 0 radical (unpaired) electrons. The summed E-state index contributed by atoms with van der Waals surface area (Å²) in [4.78, 5) is 29.9. The van der Waals surface area contributed by atoms with Crippen LogP contribution in [-0.4, -0.2) is 61.0 Å². The van der Waals surface area contributed by atoms with Gasteiger partial charge in [0, 0.05) is 43.0 Å². The molecule has 0 saturated carbocycles. The molecular weight excluding hydrogens is 471 g/mol. The zero-order chi connectivity index (χ0) is 24.7. The van der Waals surface area contributed by atoms with Gasteiger partial charge in [-0.3, -0.25) is 9.59 Å². The Morgan fingerprint density at radius 2 is 1.69 bits per heavy atom. The Kier molecular flexibility index (Phi) is 8.50. The zero-order valence-corrected chi connectivity index (χ0v) is 20.6. The molecule has 0 aliphatic carbocycles. The number of carbonyl (C=O) groups excluding carboxylic acids is 2. The number of nitrogens with zero attached hydrogens (tertiary/aromatic N) is 2. The first-order chi connectivity index (χ1) is 16.9. The Morgan fingerprint density at radius 1 is 0.914 bits per heavy atom. The highest BCUT2D eigenvalue weighted by Gasteiger charge is 2.41. The molecular formula is C27H32ClFN2O4. The Labute approximate surface area is 210 Å². The molecule has 2 heterocycles. The summed E-state index contributed by atoms with van der Waals surface area (Å²) in [5.41, 5.74) is -0.525. The van der Waals surface area contributed by atoms with Crippen molar-refractivity contribution >= 4 is 23.4 Å². The van der Waals surface area contributed by atoms with Gasteiger partial charge in [-0.1, -0.05) is 29.8 Å². The highest BCUT2D eigenvalue weighted by Crippen LogP contribution is 2.36. The van der Waals surface area contributed by atoms with Gasteiger partial charge in [0.2, 0.25) is 5.91 Å². The van der Waals surface area contributed by atoms with Crippen molar-refractivity contribution in [2.75, 3.05) is 39.4 Å². The number of amides is 2. The Bertz CT molecular complexity index is 1030. The lowest BCUT2D eigenvalue weighted by Gasteiger charge is -2.43. The Hall–Kier alpha value is -2.80.